The Morgan fingerprint density at radius 1 is 1.36 bits per heavy atom. The Balaban J connectivity index is 2.47. The van der Waals surface area contributed by atoms with Gasteiger partial charge in [0.2, 0.25) is 0 Å². The van der Waals surface area contributed by atoms with Gasteiger partial charge in [-0.15, -0.1) is 11.8 Å². The van der Waals surface area contributed by atoms with E-state index >= 15 is 0 Å². The van der Waals surface area contributed by atoms with E-state index in [4.69, 9.17) is 5.73 Å². The highest BCUT2D eigenvalue weighted by Gasteiger charge is 2.25. The molecule has 2 unspecified atom stereocenters. The molecule has 2 N–H and O–H groups in total. The summed E-state index contributed by atoms with van der Waals surface area (Å²) < 4.78 is 0. The van der Waals surface area contributed by atoms with Crippen LogP contribution >= 0.6 is 11.8 Å². The molecule has 1 heterocycles. The van der Waals surface area contributed by atoms with Crippen LogP contribution in [0.15, 0.2) is 29.2 Å². The minimum atomic E-state index is 0.233. The van der Waals surface area contributed by atoms with E-state index in [0.29, 0.717) is 5.25 Å². The molecule has 58 valence electrons. The number of hydrogen-bond acceptors (Lipinski definition) is 2. The largest absolute Gasteiger partial charge is 0.323 e. The Hall–Kier alpha value is -0.470. The minimum Gasteiger partial charge on any atom is -0.323 e. The number of thioether (sulfide) groups is 1. The van der Waals surface area contributed by atoms with E-state index in [1.165, 1.54) is 10.5 Å². The van der Waals surface area contributed by atoms with Crippen molar-refractivity contribution in [1.29, 1.82) is 0 Å². The Kier molecular flexibility index (Phi) is 1.66. The highest BCUT2D eigenvalue weighted by molar-refractivity contribution is 8.00. The van der Waals surface area contributed by atoms with Crippen molar-refractivity contribution in [2.45, 2.75) is 23.1 Å². The third kappa shape index (κ3) is 1.06. The fraction of sp³-hybridized carbons (Fsp3) is 0.333. The van der Waals surface area contributed by atoms with E-state index in [0.717, 1.165) is 0 Å². The molecule has 1 aromatic rings. The van der Waals surface area contributed by atoms with Gasteiger partial charge in [-0.1, -0.05) is 25.1 Å². The topological polar surface area (TPSA) is 26.0 Å². The van der Waals surface area contributed by atoms with Crippen LogP contribution in [0.4, 0.5) is 0 Å². The zero-order valence-corrected chi connectivity index (χ0v) is 7.27. The molecule has 11 heavy (non-hydrogen) atoms. The smallest absolute Gasteiger partial charge is 0.0427 e. The van der Waals surface area contributed by atoms with Crippen LogP contribution < -0.4 is 5.73 Å². The molecule has 1 aliphatic heterocycles. The van der Waals surface area contributed by atoms with Gasteiger partial charge in [-0.25, -0.2) is 0 Å². The molecule has 0 spiro atoms. The molecule has 0 bridgehead atoms. The van der Waals surface area contributed by atoms with Crippen LogP contribution in [0.2, 0.25) is 0 Å². The molecule has 2 heteroatoms. The molecule has 0 fully saturated rings. The van der Waals surface area contributed by atoms with Gasteiger partial charge in [0.1, 0.15) is 0 Å². The van der Waals surface area contributed by atoms with Crippen LogP contribution in [0, 0.1) is 0 Å². The van der Waals surface area contributed by atoms with Gasteiger partial charge < -0.3 is 5.73 Å². The van der Waals surface area contributed by atoms with Crippen LogP contribution in [-0.2, 0) is 0 Å². The fourth-order valence-electron chi connectivity index (χ4n) is 1.39. The summed E-state index contributed by atoms with van der Waals surface area (Å²) in [5, 5.41) is 0.535. The molecule has 0 aliphatic carbocycles. The molecule has 0 saturated heterocycles. The van der Waals surface area contributed by atoms with E-state index < -0.39 is 0 Å². The van der Waals surface area contributed by atoms with Gasteiger partial charge in [0.15, 0.2) is 0 Å². The predicted octanol–water partition coefficient (Wildman–Crippen LogP) is 2.18. The van der Waals surface area contributed by atoms with Gasteiger partial charge in [-0.3, -0.25) is 0 Å². The summed E-state index contributed by atoms with van der Waals surface area (Å²) >= 11 is 1.87. The molecular formula is C9H11NS. The van der Waals surface area contributed by atoms with Crippen molar-refractivity contribution in [2.24, 2.45) is 5.73 Å². The lowest BCUT2D eigenvalue weighted by molar-refractivity contribution is 0.725. The highest BCUT2D eigenvalue weighted by Crippen LogP contribution is 2.41. The standard InChI is InChI=1S/C9H11NS/c1-6-9(10)7-4-2-3-5-8(7)11-6/h2-6,9H,10H2,1H3. The van der Waals surface area contributed by atoms with Crippen LogP contribution in [0.1, 0.15) is 18.5 Å². The fourth-order valence-corrected chi connectivity index (χ4v) is 2.58. The average molecular weight is 165 g/mol. The molecule has 1 aromatic carbocycles. The zero-order valence-electron chi connectivity index (χ0n) is 6.45. The lowest BCUT2D eigenvalue weighted by atomic mass is 10.1. The molecule has 0 radical (unpaired) electrons. The SMILES string of the molecule is CC1Sc2ccccc2C1N. The minimum absolute atomic E-state index is 0.233. The maximum atomic E-state index is 5.97. The van der Waals surface area contributed by atoms with Crippen molar-refractivity contribution in [3.63, 3.8) is 0 Å². The molecule has 0 amide bonds. The monoisotopic (exact) mass is 165 g/mol. The first kappa shape index (κ1) is 7.19. The number of hydrogen-bond donors (Lipinski definition) is 1. The van der Waals surface area contributed by atoms with Crippen molar-refractivity contribution in [2.75, 3.05) is 0 Å². The Morgan fingerprint density at radius 2 is 2.09 bits per heavy atom. The highest BCUT2D eigenvalue weighted by atomic mass is 32.2. The van der Waals surface area contributed by atoms with E-state index in [9.17, 15) is 0 Å². The lowest BCUT2D eigenvalue weighted by Crippen LogP contribution is -2.15. The van der Waals surface area contributed by atoms with Gasteiger partial charge in [0, 0.05) is 16.2 Å². The van der Waals surface area contributed by atoms with Gasteiger partial charge in [0.25, 0.3) is 0 Å². The third-order valence-corrected chi connectivity index (χ3v) is 3.39. The van der Waals surface area contributed by atoms with E-state index in [1.54, 1.807) is 0 Å². The van der Waals surface area contributed by atoms with E-state index in [2.05, 4.69) is 31.2 Å². The normalized spacial score (nSPS) is 28.5. The molecule has 2 atom stereocenters. The predicted molar refractivity (Wildman–Crippen MR) is 48.7 cm³/mol. The van der Waals surface area contributed by atoms with Gasteiger partial charge in [-0.2, -0.15) is 0 Å². The Morgan fingerprint density at radius 3 is 2.82 bits per heavy atom. The molecular weight excluding hydrogens is 154 g/mol. The summed E-state index contributed by atoms with van der Waals surface area (Å²) in [4.78, 5) is 1.35. The lowest BCUT2D eigenvalue weighted by Gasteiger charge is -2.07. The first-order valence-electron chi connectivity index (χ1n) is 3.80. The third-order valence-electron chi connectivity index (χ3n) is 2.10. The number of fused-ring (bicyclic) bond motifs is 1. The van der Waals surface area contributed by atoms with Crippen LogP contribution in [-0.4, -0.2) is 5.25 Å². The quantitative estimate of drug-likeness (QED) is 0.637. The molecule has 1 nitrogen and oxygen atoms in total. The van der Waals surface area contributed by atoms with Gasteiger partial charge >= 0.3 is 0 Å². The van der Waals surface area contributed by atoms with Crippen molar-refractivity contribution in [3.8, 4) is 0 Å². The van der Waals surface area contributed by atoms with E-state index in [1.807, 2.05) is 11.8 Å². The molecule has 0 saturated carbocycles. The van der Waals surface area contributed by atoms with Crippen molar-refractivity contribution in [3.05, 3.63) is 29.8 Å². The maximum absolute atomic E-state index is 5.97. The number of nitrogens with two attached hydrogens (primary N) is 1. The number of rotatable bonds is 0. The zero-order chi connectivity index (χ0) is 7.84. The summed E-state index contributed by atoms with van der Waals surface area (Å²) in [6.45, 7) is 2.18. The summed E-state index contributed by atoms with van der Waals surface area (Å²) in [6, 6.07) is 8.62. The summed E-state index contributed by atoms with van der Waals surface area (Å²) in [6.07, 6.45) is 0. The Labute approximate surface area is 71.0 Å². The second-order valence-corrected chi connectivity index (χ2v) is 4.31. The molecule has 2 rings (SSSR count). The second kappa shape index (κ2) is 2.54. The summed E-state index contributed by atoms with van der Waals surface area (Å²) in [5.74, 6) is 0. The number of benzene rings is 1. The van der Waals surface area contributed by atoms with Crippen molar-refractivity contribution in [1.82, 2.24) is 0 Å². The van der Waals surface area contributed by atoms with Crippen molar-refractivity contribution >= 4 is 11.8 Å². The first-order chi connectivity index (χ1) is 5.29. The van der Waals surface area contributed by atoms with Crippen LogP contribution in [0.3, 0.4) is 0 Å². The second-order valence-electron chi connectivity index (χ2n) is 2.89. The van der Waals surface area contributed by atoms with Gasteiger partial charge in [-0.05, 0) is 11.6 Å². The first-order valence-corrected chi connectivity index (χ1v) is 4.68. The van der Waals surface area contributed by atoms with Gasteiger partial charge in [0.05, 0.1) is 0 Å². The van der Waals surface area contributed by atoms with Crippen LogP contribution in [0.25, 0.3) is 0 Å². The summed E-state index contributed by atoms with van der Waals surface area (Å²) in [7, 11) is 0. The summed E-state index contributed by atoms with van der Waals surface area (Å²) in [5.41, 5.74) is 7.28. The van der Waals surface area contributed by atoms with Crippen molar-refractivity contribution < 1.29 is 0 Å². The Bertz CT molecular complexity index is 272. The molecule has 0 aromatic heterocycles. The maximum Gasteiger partial charge on any atom is 0.0427 e. The average Bonchev–Trinajstić information content (AvgIpc) is 2.30. The molecule has 1 aliphatic rings. The van der Waals surface area contributed by atoms with Crippen LogP contribution in [0.5, 0.6) is 0 Å². The van der Waals surface area contributed by atoms with E-state index in [-0.39, 0.29) is 6.04 Å².